The summed E-state index contributed by atoms with van der Waals surface area (Å²) in [7, 11) is 0. The van der Waals surface area contributed by atoms with Gasteiger partial charge < -0.3 is 10.0 Å². The van der Waals surface area contributed by atoms with Crippen LogP contribution in [0.25, 0.3) is 10.9 Å². The number of aryl methyl sites for hydroxylation is 1. The van der Waals surface area contributed by atoms with Crippen LogP contribution in [0.3, 0.4) is 0 Å². The molecule has 1 unspecified atom stereocenters. The Morgan fingerprint density at radius 1 is 1.53 bits per heavy atom. The van der Waals surface area contributed by atoms with Crippen LogP contribution in [-0.2, 0) is 9.59 Å². The van der Waals surface area contributed by atoms with Gasteiger partial charge in [0, 0.05) is 29.7 Å². The Bertz CT molecular complexity index is 677. The van der Waals surface area contributed by atoms with Gasteiger partial charge in [-0.3, -0.25) is 14.7 Å². The van der Waals surface area contributed by atoms with Gasteiger partial charge in [0.2, 0.25) is 5.91 Å². The van der Waals surface area contributed by atoms with E-state index in [2.05, 4.69) is 10.2 Å². The van der Waals surface area contributed by atoms with Gasteiger partial charge in [-0.2, -0.15) is 5.10 Å². The van der Waals surface area contributed by atoms with Gasteiger partial charge in [-0.1, -0.05) is 0 Å². The Kier molecular flexibility index (Phi) is 2.51. The number of hydrogen-bond donors (Lipinski definition) is 2. The Labute approximate surface area is 109 Å². The van der Waals surface area contributed by atoms with Crippen LogP contribution in [0.4, 0.5) is 5.69 Å². The van der Waals surface area contributed by atoms with Gasteiger partial charge >= 0.3 is 5.97 Å². The van der Waals surface area contributed by atoms with E-state index in [1.807, 2.05) is 19.1 Å². The lowest BCUT2D eigenvalue weighted by atomic mass is 10.1. The van der Waals surface area contributed by atoms with Crippen LogP contribution in [0.5, 0.6) is 0 Å². The monoisotopic (exact) mass is 259 g/mol. The van der Waals surface area contributed by atoms with E-state index < -0.39 is 11.9 Å². The highest BCUT2D eigenvalue weighted by atomic mass is 16.4. The molecule has 98 valence electrons. The van der Waals surface area contributed by atoms with Gasteiger partial charge in [-0.15, -0.1) is 0 Å². The predicted molar refractivity (Wildman–Crippen MR) is 68.9 cm³/mol. The lowest BCUT2D eigenvalue weighted by Gasteiger charge is -2.16. The van der Waals surface area contributed by atoms with Gasteiger partial charge in [-0.25, -0.2) is 0 Å². The summed E-state index contributed by atoms with van der Waals surface area (Å²) in [6.45, 7) is 2.14. The van der Waals surface area contributed by atoms with Crippen molar-refractivity contribution in [3.63, 3.8) is 0 Å². The van der Waals surface area contributed by atoms with Gasteiger partial charge in [0.25, 0.3) is 0 Å². The topological polar surface area (TPSA) is 86.3 Å². The molecule has 0 bridgehead atoms. The van der Waals surface area contributed by atoms with Crippen molar-refractivity contribution in [2.45, 2.75) is 13.3 Å². The molecule has 6 nitrogen and oxygen atoms in total. The second-order valence-electron chi connectivity index (χ2n) is 4.79. The van der Waals surface area contributed by atoms with Crippen molar-refractivity contribution in [1.29, 1.82) is 0 Å². The zero-order valence-electron chi connectivity index (χ0n) is 10.4. The average molecular weight is 259 g/mol. The SMILES string of the molecule is Cc1[nH]nc2ccc(N3CC(C(=O)O)CC3=O)cc12. The number of benzene rings is 1. The van der Waals surface area contributed by atoms with Crippen LogP contribution in [0.2, 0.25) is 0 Å². The molecule has 2 N–H and O–H groups in total. The van der Waals surface area contributed by atoms with Crippen molar-refractivity contribution >= 4 is 28.5 Å². The van der Waals surface area contributed by atoms with Crippen molar-refractivity contribution in [3.8, 4) is 0 Å². The third kappa shape index (κ3) is 1.85. The zero-order valence-corrected chi connectivity index (χ0v) is 10.4. The summed E-state index contributed by atoms with van der Waals surface area (Å²) in [6, 6.07) is 5.50. The minimum absolute atomic E-state index is 0.0672. The van der Waals surface area contributed by atoms with Crippen LogP contribution < -0.4 is 4.90 Å². The van der Waals surface area contributed by atoms with Gasteiger partial charge in [0.1, 0.15) is 0 Å². The van der Waals surface area contributed by atoms with Crippen molar-refractivity contribution < 1.29 is 14.7 Å². The molecule has 1 amide bonds. The summed E-state index contributed by atoms with van der Waals surface area (Å²) in [4.78, 5) is 24.4. The number of amides is 1. The number of nitrogens with one attached hydrogen (secondary N) is 1. The number of aromatic nitrogens is 2. The smallest absolute Gasteiger partial charge is 0.308 e. The van der Waals surface area contributed by atoms with E-state index >= 15 is 0 Å². The molecule has 1 atom stereocenters. The van der Waals surface area contributed by atoms with Crippen LogP contribution in [0.1, 0.15) is 12.1 Å². The molecule has 2 heterocycles. The second kappa shape index (κ2) is 4.08. The van der Waals surface area contributed by atoms with Crippen LogP contribution in [0.15, 0.2) is 18.2 Å². The standard InChI is InChI=1S/C13H13N3O3/c1-7-10-5-9(2-3-11(10)15-14-7)16-6-8(13(18)19)4-12(16)17/h2-3,5,8H,4,6H2,1H3,(H,14,15)(H,18,19). The summed E-state index contributed by atoms with van der Waals surface area (Å²) in [5, 5.41) is 16.9. The third-order valence-electron chi connectivity index (χ3n) is 3.51. The number of carboxylic acid groups (broad SMARTS) is 1. The first kappa shape index (κ1) is 11.7. The predicted octanol–water partition coefficient (Wildman–Crippen LogP) is 1.31. The number of carbonyl (C=O) groups excluding carboxylic acids is 1. The van der Waals surface area contributed by atoms with E-state index in [-0.39, 0.29) is 18.9 Å². The highest BCUT2D eigenvalue weighted by molar-refractivity contribution is 6.00. The Hall–Kier alpha value is -2.37. The molecule has 0 spiro atoms. The number of carboxylic acids is 1. The minimum Gasteiger partial charge on any atom is -0.481 e. The normalized spacial score (nSPS) is 19.3. The highest BCUT2D eigenvalue weighted by Crippen LogP contribution is 2.28. The molecule has 1 fully saturated rings. The van der Waals surface area contributed by atoms with E-state index in [0.717, 1.165) is 22.3 Å². The minimum atomic E-state index is -0.920. The Morgan fingerprint density at radius 3 is 3.00 bits per heavy atom. The van der Waals surface area contributed by atoms with E-state index in [1.165, 1.54) is 4.90 Å². The number of fused-ring (bicyclic) bond motifs is 1. The van der Waals surface area contributed by atoms with Gasteiger partial charge in [0.15, 0.2) is 0 Å². The lowest BCUT2D eigenvalue weighted by Crippen LogP contribution is -2.25. The summed E-state index contributed by atoms with van der Waals surface area (Å²) in [6.07, 6.45) is 0.0672. The zero-order chi connectivity index (χ0) is 13.6. The quantitative estimate of drug-likeness (QED) is 0.851. The van der Waals surface area contributed by atoms with Crippen LogP contribution in [0, 0.1) is 12.8 Å². The van der Waals surface area contributed by atoms with E-state index in [0.29, 0.717) is 0 Å². The fourth-order valence-electron chi connectivity index (χ4n) is 2.42. The number of hydrogen-bond acceptors (Lipinski definition) is 3. The van der Waals surface area contributed by atoms with Gasteiger partial charge in [0.05, 0.1) is 11.4 Å². The Balaban J connectivity index is 1.98. The summed E-state index contributed by atoms with van der Waals surface area (Å²) in [5.74, 6) is -1.68. The first-order valence-electron chi connectivity index (χ1n) is 6.04. The average Bonchev–Trinajstić information content (AvgIpc) is 2.93. The van der Waals surface area contributed by atoms with Crippen LogP contribution >= 0.6 is 0 Å². The highest BCUT2D eigenvalue weighted by Gasteiger charge is 2.35. The molecule has 1 aromatic heterocycles. The largest absolute Gasteiger partial charge is 0.481 e. The molecule has 3 rings (SSSR count). The molecule has 0 aliphatic carbocycles. The molecule has 19 heavy (non-hydrogen) atoms. The van der Waals surface area contributed by atoms with Crippen molar-refractivity contribution in [2.75, 3.05) is 11.4 Å². The maximum atomic E-state index is 11.9. The fourth-order valence-corrected chi connectivity index (χ4v) is 2.42. The molecular formula is C13H13N3O3. The van der Waals surface area contributed by atoms with Crippen molar-refractivity contribution in [2.24, 2.45) is 5.92 Å². The fraction of sp³-hybridized carbons (Fsp3) is 0.308. The number of rotatable bonds is 2. The van der Waals surface area contributed by atoms with E-state index in [1.54, 1.807) is 6.07 Å². The maximum Gasteiger partial charge on any atom is 0.308 e. The molecule has 1 aliphatic heterocycles. The van der Waals surface area contributed by atoms with E-state index in [9.17, 15) is 9.59 Å². The number of anilines is 1. The molecule has 1 aliphatic rings. The first-order chi connectivity index (χ1) is 9.06. The summed E-state index contributed by atoms with van der Waals surface area (Å²) < 4.78 is 0. The molecular weight excluding hydrogens is 246 g/mol. The number of carbonyl (C=O) groups is 2. The number of H-pyrrole nitrogens is 1. The number of aliphatic carboxylic acids is 1. The summed E-state index contributed by atoms with van der Waals surface area (Å²) in [5.41, 5.74) is 2.49. The van der Waals surface area contributed by atoms with Crippen molar-refractivity contribution in [3.05, 3.63) is 23.9 Å². The number of aromatic amines is 1. The second-order valence-corrected chi connectivity index (χ2v) is 4.79. The number of nitrogens with zero attached hydrogens (tertiary/aromatic N) is 2. The molecule has 1 aromatic carbocycles. The molecule has 6 heteroatoms. The van der Waals surface area contributed by atoms with Crippen molar-refractivity contribution in [1.82, 2.24) is 10.2 Å². The lowest BCUT2D eigenvalue weighted by molar-refractivity contribution is -0.141. The van der Waals surface area contributed by atoms with Crippen LogP contribution in [-0.4, -0.2) is 33.7 Å². The first-order valence-corrected chi connectivity index (χ1v) is 6.04. The molecule has 0 saturated carbocycles. The van der Waals surface area contributed by atoms with E-state index in [4.69, 9.17) is 5.11 Å². The molecule has 2 aromatic rings. The Morgan fingerprint density at radius 2 is 2.32 bits per heavy atom. The third-order valence-corrected chi connectivity index (χ3v) is 3.51. The molecule has 0 radical (unpaired) electrons. The summed E-state index contributed by atoms with van der Waals surface area (Å²) >= 11 is 0. The maximum absolute atomic E-state index is 11.9. The van der Waals surface area contributed by atoms with Gasteiger partial charge in [-0.05, 0) is 25.1 Å². The molecule has 1 saturated heterocycles.